The number of nitrogens with one attached hydrogen (secondary N) is 2. The summed E-state index contributed by atoms with van der Waals surface area (Å²) < 4.78 is 8.58. The number of fused-ring (bicyclic) bond motifs is 2. The number of quaternary nitrogens is 1. The molecule has 2 N–H and O–H groups in total. The van der Waals surface area contributed by atoms with Crippen LogP contribution in [0.5, 0.6) is 0 Å². The molecule has 2 saturated heterocycles. The van der Waals surface area contributed by atoms with Crippen LogP contribution in [0.25, 0.3) is 5.52 Å². The second kappa shape index (κ2) is 7.60. The van der Waals surface area contributed by atoms with E-state index >= 15 is 0 Å². The third kappa shape index (κ3) is 3.59. The van der Waals surface area contributed by atoms with Gasteiger partial charge in [-0.1, -0.05) is 6.07 Å². The van der Waals surface area contributed by atoms with Crippen LogP contribution in [-0.2, 0) is 9.53 Å². The van der Waals surface area contributed by atoms with Crippen LogP contribution in [0.2, 0.25) is 0 Å². The molecule has 1 aliphatic carbocycles. The summed E-state index contributed by atoms with van der Waals surface area (Å²) in [4.78, 5) is 17.4. The highest BCUT2D eigenvalue weighted by molar-refractivity contribution is 6.49. The molecule has 0 amide bonds. The summed E-state index contributed by atoms with van der Waals surface area (Å²) in [5, 5.41) is 11.3. The second-order valence-corrected chi connectivity index (χ2v) is 8.36. The lowest BCUT2D eigenvalue weighted by molar-refractivity contribution is -0.895. The number of ketones is 1. The van der Waals surface area contributed by atoms with Crippen LogP contribution in [0, 0.1) is 0 Å². The van der Waals surface area contributed by atoms with Crippen LogP contribution in [0.3, 0.4) is 0 Å². The number of pyridine rings is 1. The summed E-state index contributed by atoms with van der Waals surface area (Å²) in [5.41, 5.74) is 2.63. The molecule has 0 saturated carbocycles. The van der Waals surface area contributed by atoms with E-state index in [0.29, 0.717) is 36.1 Å². The van der Waals surface area contributed by atoms with Gasteiger partial charge in [0.05, 0.1) is 44.4 Å². The number of likely N-dealkylation sites (tertiary alicyclic amines) is 1. The number of carbonyl (C=O) groups is 1. The number of nitrogens with zero attached hydrogens (tertiary/aromatic N) is 4. The number of likely N-dealkylation sites (N-methyl/N-ethyl adjacent to an activating group) is 1. The van der Waals surface area contributed by atoms with Crippen molar-refractivity contribution >= 4 is 28.5 Å². The first-order valence-corrected chi connectivity index (χ1v) is 10.6. The largest absolute Gasteiger partial charge is 0.490 e. The van der Waals surface area contributed by atoms with E-state index in [1.807, 2.05) is 24.4 Å². The number of hydrogen-bond acceptors (Lipinski definition) is 6. The van der Waals surface area contributed by atoms with Crippen molar-refractivity contribution in [2.24, 2.45) is 4.99 Å². The van der Waals surface area contributed by atoms with Gasteiger partial charge in [-0.25, -0.2) is 9.51 Å². The smallest absolute Gasteiger partial charge is 0.206 e. The molecular weight excluding hydrogens is 380 g/mol. The zero-order valence-electron chi connectivity index (χ0n) is 17.2. The van der Waals surface area contributed by atoms with Crippen LogP contribution >= 0.6 is 0 Å². The molecule has 8 heteroatoms. The molecule has 0 unspecified atom stereocenters. The second-order valence-electron chi connectivity index (χ2n) is 8.36. The van der Waals surface area contributed by atoms with Crippen LogP contribution in [0.15, 0.2) is 53.0 Å². The third-order valence-corrected chi connectivity index (χ3v) is 6.07. The number of aliphatic imine (C=N–C) groups is 1. The molecule has 0 atom stereocenters. The number of carbonyl (C=O) groups excluding carboxylic acids is 1. The molecule has 2 aromatic rings. The van der Waals surface area contributed by atoms with Gasteiger partial charge < -0.3 is 19.9 Å². The first-order chi connectivity index (χ1) is 14.6. The maximum absolute atomic E-state index is 12.7. The molecular formula is C22H27N6O2+. The molecule has 0 radical (unpaired) electrons. The first-order valence-electron chi connectivity index (χ1n) is 10.6. The minimum atomic E-state index is -0.136. The van der Waals surface area contributed by atoms with Crippen LogP contribution in [0.1, 0.15) is 12.8 Å². The Morgan fingerprint density at radius 3 is 3.03 bits per heavy atom. The fourth-order valence-corrected chi connectivity index (χ4v) is 4.34. The number of morpholine rings is 1. The standard InChI is InChI=1S/C22H26N6O2/c1-28(10-4-5-11-28)12-7-24-22-21(18-6-2-3-9-27(18)26-22)25-16-15-20-17(14-19(16)29)23-8-13-30-20/h2-3,6,9,14-15H,4-5,7-8,10-13H2,1H3,(H-,23,24,26,29)/p+1. The minimum Gasteiger partial charge on any atom is -0.490 e. The van der Waals surface area contributed by atoms with E-state index in [9.17, 15) is 4.79 Å². The minimum absolute atomic E-state index is 0.136. The van der Waals surface area contributed by atoms with E-state index in [2.05, 4.69) is 22.8 Å². The molecule has 0 bridgehead atoms. The van der Waals surface area contributed by atoms with Crippen LogP contribution in [-0.4, -0.2) is 72.0 Å². The normalized spacial score (nSPS) is 21.6. The zero-order chi connectivity index (χ0) is 20.6. The van der Waals surface area contributed by atoms with E-state index in [0.717, 1.165) is 28.8 Å². The fourth-order valence-electron chi connectivity index (χ4n) is 4.34. The molecule has 3 aliphatic rings. The van der Waals surface area contributed by atoms with Crippen LogP contribution < -0.4 is 10.6 Å². The topological polar surface area (TPSA) is 80.0 Å². The average molecular weight is 407 g/mol. The maximum atomic E-state index is 12.7. The predicted molar refractivity (Wildman–Crippen MR) is 116 cm³/mol. The Bertz CT molecular complexity index is 1070. The van der Waals surface area contributed by atoms with Gasteiger partial charge in [0, 0.05) is 37.7 Å². The molecule has 0 aromatic carbocycles. The lowest BCUT2D eigenvalue weighted by Gasteiger charge is -2.29. The molecule has 2 fully saturated rings. The molecule has 2 aromatic heterocycles. The number of ether oxygens (including phenoxy) is 1. The van der Waals surface area contributed by atoms with Crippen molar-refractivity contribution in [3.8, 4) is 0 Å². The van der Waals surface area contributed by atoms with Gasteiger partial charge in [-0.15, -0.1) is 5.10 Å². The predicted octanol–water partition coefficient (Wildman–Crippen LogP) is 2.03. The SMILES string of the molecule is C[N+]1(CCNc2nn3ccccc3c2N=C2C=C3OCCNC3=CC2=O)CCCC1. The molecule has 2 aliphatic heterocycles. The highest BCUT2D eigenvalue weighted by Crippen LogP contribution is 2.31. The van der Waals surface area contributed by atoms with Gasteiger partial charge in [-0.3, -0.25) is 4.79 Å². The Hall–Kier alpha value is -3.13. The van der Waals surface area contributed by atoms with Gasteiger partial charge in [0.25, 0.3) is 0 Å². The Labute approximate surface area is 175 Å². The van der Waals surface area contributed by atoms with E-state index in [1.54, 1.807) is 16.7 Å². The van der Waals surface area contributed by atoms with E-state index < -0.39 is 0 Å². The highest BCUT2D eigenvalue weighted by Gasteiger charge is 2.27. The van der Waals surface area contributed by atoms with E-state index in [1.165, 1.54) is 25.9 Å². The summed E-state index contributed by atoms with van der Waals surface area (Å²) in [6.07, 6.45) is 7.77. The van der Waals surface area contributed by atoms with Crippen molar-refractivity contribution in [1.29, 1.82) is 0 Å². The van der Waals surface area contributed by atoms with Gasteiger partial charge in [0.2, 0.25) is 5.78 Å². The van der Waals surface area contributed by atoms with E-state index in [-0.39, 0.29) is 5.78 Å². The van der Waals surface area contributed by atoms with Gasteiger partial charge in [-0.05, 0) is 12.1 Å². The number of hydrogen-bond donors (Lipinski definition) is 2. The van der Waals surface area contributed by atoms with Gasteiger partial charge in [0.1, 0.15) is 23.8 Å². The Morgan fingerprint density at radius 1 is 1.30 bits per heavy atom. The Balaban J connectivity index is 1.45. The van der Waals surface area contributed by atoms with Crippen molar-refractivity contribution in [2.45, 2.75) is 12.8 Å². The van der Waals surface area contributed by atoms with Crippen molar-refractivity contribution in [1.82, 2.24) is 14.9 Å². The summed E-state index contributed by atoms with van der Waals surface area (Å²) in [5.74, 6) is 1.23. The van der Waals surface area contributed by atoms with Gasteiger partial charge in [0.15, 0.2) is 5.82 Å². The molecule has 156 valence electrons. The van der Waals surface area contributed by atoms with Crippen molar-refractivity contribution < 1.29 is 14.0 Å². The number of aromatic nitrogens is 2. The maximum Gasteiger partial charge on any atom is 0.206 e. The lowest BCUT2D eigenvalue weighted by Crippen LogP contribution is -2.44. The Kier molecular flexibility index (Phi) is 4.78. The average Bonchev–Trinajstić information content (AvgIpc) is 3.33. The van der Waals surface area contributed by atoms with Crippen LogP contribution in [0.4, 0.5) is 11.5 Å². The quantitative estimate of drug-likeness (QED) is 0.586. The van der Waals surface area contributed by atoms with Gasteiger partial charge in [-0.2, -0.15) is 0 Å². The summed E-state index contributed by atoms with van der Waals surface area (Å²) >= 11 is 0. The van der Waals surface area contributed by atoms with Gasteiger partial charge >= 0.3 is 0 Å². The van der Waals surface area contributed by atoms with E-state index in [4.69, 9.17) is 9.73 Å². The first kappa shape index (κ1) is 18.9. The Morgan fingerprint density at radius 2 is 2.17 bits per heavy atom. The van der Waals surface area contributed by atoms with Crippen molar-refractivity contribution in [3.05, 3.63) is 48.0 Å². The van der Waals surface area contributed by atoms with Crippen molar-refractivity contribution in [3.63, 3.8) is 0 Å². The monoisotopic (exact) mass is 407 g/mol. The molecule has 30 heavy (non-hydrogen) atoms. The summed E-state index contributed by atoms with van der Waals surface area (Å²) in [6.45, 7) is 5.58. The fraction of sp³-hybridized carbons (Fsp3) is 0.409. The molecule has 0 spiro atoms. The number of rotatable bonds is 5. The number of anilines is 1. The molecule has 4 heterocycles. The third-order valence-electron chi connectivity index (χ3n) is 6.07. The molecule has 5 rings (SSSR count). The zero-order valence-corrected chi connectivity index (χ0v) is 17.2. The lowest BCUT2D eigenvalue weighted by atomic mass is 10.1. The summed E-state index contributed by atoms with van der Waals surface area (Å²) in [7, 11) is 2.31. The summed E-state index contributed by atoms with van der Waals surface area (Å²) in [6, 6.07) is 5.85. The molecule has 8 nitrogen and oxygen atoms in total. The highest BCUT2D eigenvalue weighted by atomic mass is 16.5. The van der Waals surface area contributed by atoms with Crippen molar-refractivity contribution in [2.75, 3.05) is 51.7 Å². The number of allylic oxidation sites excluding steroid dienone is 2.